The van der Waals surface area contributed by atoms with E-state index in [4.69, 9.17) is 11.6 Å². The van der Waals surface area contributed by atoms with E-state index in [0.29, 0.717) is 12.5 Å². The molecule has 1 heterocycles. The molecule has 1 amide bonds. The van der Waals surface area contributed by atoms with Crippen molar-refractivity contribution in [2.24, 2.45) is 5.92 Å². The lowest BCUT2D eigenvalue weighted by molar-refractivity contribution is -0.123. The number of benzene rings is 1. The molecule has 0 saturated heterocycles. The molecule has 5 heteroatoms. The summed E-state index contributed by atoms with van der Waals surface area (Å²) in [6, 6.07) is 7.71. The quantitative estimate of drug-likeness (QED) is 0.768. The van der Waals surface area contributed by atoms with Crippen LogP contribution in [0.4, 0.5) is 0 Å². The van der Waals surface area contributed by atoms with Crippen LogP contribution in [0.15, 0.2) is 24.3 Å². The Hall–Kier alpha value is -1.52. The van der Waals surface area contributed by atoms with Crippen LogP contribution in [0.3, 0.4) is 0 Å². The molecule has 0 saturated carbocycles. The van der Waals surface area contributed by atoms with Gasteiger partial charge in [-0.25, -0.2) is 0 Å². The topological polar surface area (TPSA) is 56.9 Å². The number of para-hydroxylation sites is 1. The molecule has 2 rings (SSSR count). The van der Waals surface area contributed by atoms with Crippen molar-refractivity contribution in [2.75, 3.05) is 7.05 Å². The smallest absolute Gasteiger partial charge is 0.236 e. The summed E-state index contributed by atoms with van der Waals surface area (Å²) >= 11 is 6.39. The molecule has 0 fully saturated rings. The van der Waals surface area contributed by atoms with Gasteiger partial charge in [0.05, 0.1) is 11.1 Å². The molecular weight excluding hydrogens is 286 g/mol. The number of fused-ring (bicyclic) bond motifs is 1. The van der Waals surface area contributed by atoms with Gasteiger partial charge in [-0.3, -0.25) is 4.79 Å². The Balaban J connectivity index is 2.11. The Morgan fingerprint density at radius 2 is 2.05 bits per heavy atom. The van der Waals surface area contributed by atoms with Crippen molar-refractivity contribution in [3.05, 3.63) is 35.0 Å². The maximum atomic E-state index is 11.9. The lowest BCUT2D eigenvalue weighted by atomic mass is 10.0. The fourth-order valence-corrected chi connectivity index (χ4v) is 2.72. The average Bonchev–Trinajstić information content (AvgIpc) is 2.79. The van der Waals surface area contributed by atoms with E-state index in [1.807, 2.05) is 24.3 Å². The molecule has 1 aromatic heterocycles. The van der Waals surface area contributed by atoms with Crippen molar-refractivity contribution in [1.82, 2.24) is 15.6 Å². The Kier molecular flexibility index (Phi) is 5.26. The predicted molar refractivity (Wildman–Crippen MR) is 87.5 cm³/mol. The largest absolute Gasteiger partial charge is 0.358 e. The van der Waals surface area contributed by atoms with Crippen LogP contribution in [0.25, 0.3) is 10.9 Å². The van der Waals surface area contributed by atoms with Crippen molar-refractivity contribution >= 4 is 28.4 Å². The molecule has 0 spiro atoms. The molecule has 114 valence electrons. The second-order valence-corrected chi connectivity index (χ2v) is 6.02. The number of aromatic nitrogens is 1. The molecule has 3 N–H and O–H groups in total. The van der Waals surface area contributed by atoms with Gasteiger partial charge >= 0.3 is 0 Å². The molecule has 21 heavy (non-hydrogen) atoms. The molecule has 1 atom stereocenters. The number of carbonyl (C=O) groups is 1. The molecule has 1 aromatic carbocycles. The van der Waals surface area contributed by atoms with Gasteiger partial charge in [0.2, 0.25) is 5.91 Å². The van der Waals surface area contributed by atoms with E-state index in [9.17, 15) is 4.79 Å². The number of nitrogens with one attached hydrogen (secondary N) is 3. The Bertz CT molecular complexity index is 621. The van der Waals surface area contributed by atoms with Crippen LogP contribution in [0.1, 0.15) is 26.0 Å². The van der Waals surface area contributed by atoms with Crippen LogP contribution in [-0.4, -0.2) is 24.0 Å². The summed E-state index contributed by atoms with van der Waals surface area (Å²) in [7, 11) is 1.66. The SMILES string of the molecule is CNC(=O)C(CC(C)C)NCc1[nH]c2ccccc2c1Cl. The lowest BCUT2D eigenvalue weighted by Gasteiger charge is -2.18. The van der Waals surface area contributed by atoms with E-state index in [1.165, 1.54) is 0 Å². The van der Waals surface area contributed by atoms with Crippen LogP contribution in [-0.2, 0) is 11.3 Å². The zero-order valence-corrected chi connectivity index (χ0v) is 13.4. The van der Waals surface area contributed by atoms with Crippen molar-refractivity contribution in [1.29, 1.82) is 0 Å². The first-order chi connectivity index (χ1) is 10.0. The van der Waals surface area contributed by atoms with Gasteiger partial charge in [-0.2, -0.15) is 0 Å². The molecule has 0 aliphatic carbocycles. The van der Waals surface area contributed by atoms with Gasteiger partial charge in [-0.15, -0.1) is 0 Å². The van der Waals surface area contributed by atoms with Crippen molar-refractivity contribution in [3.63, 3.8) is 0 Å². The second kappa shape index (κ2) is 6.96. The molecule has 2 aromatic rings. The molecule has 0 radical (unpaired) electrons. The number of hydrogen-bond donors (Lipinski definition) is 3. The number of carbonyl (C=O) groups excluding carboxylic acids is 1. The average molecular weight is 308 g/mol. The minimum atomic E-state index is -0.211. The van der Waals surface area contributed by atoms with E-state index in [2.05, 4.69) is 29.5 Å². The summed E-state index contributed by atoms with van der Waals surface area (Å²) in [6.07, 6.45) is 0.789. The van der Waals surface area contributed by atoms with Crippen molar-refractivity contribution in [3.8, 4) is 0 Å². The van der Waals surface area contributed by atoms with Gasteiger partial charge in [0.1, 0.15) is 0 Å². The third-order valence-electron chi connectivity index (χ3n) is 3.51. The first-order valence-electron chi connectivity index (χ1n) is 7.23. The maximum Gasteiger partial charge on any atom is 0.236 e. The number of aromatic amines is 1. The molecular formula is C16H22ClN3O. The fraction of sp³-hybridized carbons (Fsp3) is 0.438. The van der Waals surface area contributed by atoms with Crippen LogP contribution in [0.2, 0.25) is 5.02 Å². The van der Waals surface area contributed by atoms with Crippen LogP contribution in [0.5, 0.6) is 0 Å². The minimum absolute atomic E-state index is 0.0101. The lowest BCUT2D eigenvalue weighted by Crippen LogP contribution is -2.43. The van der Waals surface area contributed by atoms with E-state index in [1.54, 1.807) is 7.05 Å². The molecule has 0 aliphatic heterocycles. The highest BCUT2D eigenvalue weighted by Gasteiger charge is 2.19. The third kappa shape index (κ3) is 3.77. The number of likely N-dealkylation sites (N-methyl/N-ethyl adjacent to an activating group) is 1. The predicted octanol–water partition coefficient (Wildman–Crippen LogP) is 3.07. The standard InChI is InChI=1S/C16H22ClN3O/c1-10(2)8-13(16(21)18-3)19-9-14-15(17)11-6-4-5-7-12(11)20-14/h4-7,10,13,19-20H,8-9H2,1-3H3,(H,18,21). The number of H-pyrrole nitrogens is 1. The number of amides is 1. The summed E-state index contributed by atoms with van der Waals surface area (Å²) in [5.74, 6) is 0.453. The highest BCUT2D eigenvalue weighted by molar-refractivity contribution is 6.36. The van der Waals surface area contributed by atoms with E-state index in [0.717, 1.165) is 28.0 Å². The summed E-state index contributed by atoms with van der Waals surface area (Å²) in [6.45, 7) is 4.75. The van der Waals surface area contributed by atoms with Gasteiger partial charge in [0.15, 0.2) is 0 Å². The summed E-state index contributed by atoms with van der Waals surface area (Å²) < 4.78 is 0. The summed E-state index contributed by atoms with van der Waals surface area (Å²) in [5, 5.41) is 7.73. The Morgan fingerprint density at radius 1 is 1.33 bits per heavy atom. The molecule has 1 unspecified atom stereocenters. The number of halogens is 1. The van der Waals surface area contributed by atoms with Gasteiger partial charge in [-0.1, -0.05) is 43.6 Å². The molecule has 0 bridgehead atoms. The number of hydrogen-bond acceptors (Lipinski definition) is 2. The van der Waals surface area contributed by atoms with Crippen molar-refractivity contribution in [2.45, 2.75) is 32.9 Å². The Morgan fingerprint density at radius 3 is 2.67 bits per heavy atom. The summed E-state index contributed by atoms with van der Waals surface area (Å²) in [4.78, 5) is 15.2. The molecule has 0 aliphatic rings. The monoisotopic (exact) mass is 307 g/mol. The van der Waals surface area contributed by atoms with Gasteiger partial charge < -0.3 is 15.6 Å². The first-order valence-corrected chi connectivity index (χ1v) is 7.60. The zero-order chi connectivity index (χ0) is 15.4. The second-order valence-electron chi connectivity index (χ2n) is 5.64. The van der Waals surface area contributed by atoms with Crippen LogP contribution < -0.4 is 10.6 Å². The highest BCUT2D eigenvalue weighted by Crippen LogP contribution is 2.27. The first kappa shape index (κ1) is 15.9. The fourth-order valence-electron chi connectivity index (χ4n) is 2.44. The van der Waals surface area contributed by atoms with E-state index >= 15 is 0 Å². The minimum Gasteiger partial charge on any atom is -0.358 e. The number of rotatable bonds is 6. The highest BCUT2D eigenvalue weighted by atomic mass is 35.5. The van der Waals surface area contributed by atoms with E-state index < -0.39 is 0 Å². The summed E-state index contributed by atoms with van der Waals surface area (Å²) in [5.41, 5.74) is 1.93. The van der Waals surface area contributed by atoms with E-state index in [-0.39, 0.29) is 11.9 Å². The van der Waals surface area contributed by atoms with Gasteiger partial charge in [0.25, 0.3) is 0 Å². The maximum absolute atomic E-state index is 11.9. The van der Waals surface area contributed by atoms with Crippen molar-refractivity contribution < 1.29 is 4.79 Å². The molecule has 4 nitrogen and oxygen atoms in total. The van der Waals surface area contributed by atoms with Gasteiger partial charge in [0, 0.05) is 30.2 Å². The third-order valence-corrected chi connectivity index (χ3v) is 3.94. The van der Waals surface area contributed by atoms with Crippen LogP contribution >= 0.6 is 11.6 Å². The van der Waals surface area contributed by atoms with Crippen LogP contribution in [0, 0.1) is 5.92 Å². The Labute approximate surface area is 130 Å². The van der Waals surface area contributed by atoms with Gasteiger partial charge in [-0.05, 0) is 18.4 Å². The normalized spacial score (nSPS) is 12.8. The zero-order valence-electron chi connectivity index (χ0n) is 12.7.